The van der Waals surface area contributed by atoms with Crippen LogP contribution >= 0.6 is 0 Å². The number of anilines is 4. The number of carbonyl (C=O) groups is 1. The molecule has 2 aromatic rings. The zero-order valence-electron chi connectivity index (χ0n) is 15.6. The van der Waals surface area contributed by atoms with Crippen LogP contribution in [0.25, 0.3) is 0 Å². The molecule has 1 atom stereocenters. The maximum atomic E-state index is 12.1. The molecule has 2 fully saturated rings. The zero-order valence-corrected chi connectivity index (χ0v) is 15.6. The van der Waals surface area contributed by atoms with Crippen LogP contribution in [0.3, 0.4) is 0 Å². The highest BCUT2D eigenvalue weighted by molar-refractivity contribution is 5.94. The van der Waals surface area contributed by atoms with E-state index in [4.69, 9.17) is 4.74 Å². The minimum atomic E-state index is -0.323. The van der Waals surface area contributed by atoms with Gasteiger partial charge in [0.25, 0.3) is 5.91 Å². The number of amides is 1. The van der Waals surface area contributed by atoms with E-state index in [1.165, 1.54) is 12.8 Å². The Morgan fingerprint density at radius 3 is 2.56 bits per heavy atom. The molecule has 1 aromatic heterocycles. The number of ether oxygens (including phenoxy) is 1. The van der Waals surface area contributed by atoms with E-state index in [9.17, 15) is 4.79 Å². The molecule has 2 aliphatic heterocycles. The van der Waals surface area contributed by atoms with Crippen molar-refractivity contribution < 1.29 is 9.53 Å². The Bertz CT molecular complexity index is 797. The standard InChI is InChI=1S/C20H25N5O2/c1-14-21-18(13-19(22-14)25-10-2-3-11-25)23-15-6-8-16(9-7-15)24-20(26)17-5-4-12-27-17/h6-9,13,17H,2-5,10-12H2,1H3,(H,24,26)(H,21,22,23). The highest BCUT2D eigenvalue weighted by Gasteiger charge is 2.23. The topological polar surface area (TPSA) is 79.4 Å². The lowest BCUT2D eigenvalue weighted by molar-refractivity contribution is -0.124. The van der Waals surface area contributed by atoms with Gasteiger partial charge in [-0.05, 0) is 56.9 Å². The number of hydrogen-bond donors (Lipinski definition) is 2. The van der Waals surface area contributed by atoms with Gasteiger partial charge >= 0.3 is 0 Å². The number of benzene rings is 1. The van der Waals surface area contributed by atoms with Crippen molar-refractivity contribution in [3.05, 3.63) is 36.2 Å². The largest absolute Gasteiger partial charge is 0.368 e. The quantitative estimate of drug-likeness (QED) is 0.845. The minimum Gasteiger partial charge on any atom is -0.368 e. The van der Waals surface area contributed by atoms with E-state index in [0.717, 1.165) is 54.8 Å². The molecule has 1 unspecified atom stereocenters. The van der Waals surface area contributed by atoms with Crippen LogP contribution in [0.15, 0.2) is 30.3 Å². The lowest BCUT2D eigenvalue weighted by Crippen LogP contribution is -2.26. The Morgan fingerprint density at radius 2 is 1.85 bits per heavy atom. The fourth-order valence-corrected chi connectivity index (χ4v) is 3.52. The predicted molar refractivity (Wildman–Crippen MR) is 106 cm³/mol. The molecule has 4 rings (SSSR count). The van der Waals surface area contributed by atoms with Crippen molar-refractivity contribution in [1.82, 2.24) is 9.97 Å². The number of nitrogens with zero attached hydrogens (tertiary/aromatic N) is 3. The van der Waals surface area contributed by atoms with Crippen LogP contribution in [0, 0.1) is 6.92 Å². The molecule has 0 radical (unpaired) electrons. The van der Waals surface area contributed by atoms with Gasteiger partial charge in [-0.3, -0.25) is 4.79 Å². The van der Waals surface area contributed by atoms with E-state index >= 15 is 0 Å². The van der Waals surface area contributed by atoms with Gasteiger partial charge in [-0.1, -0.05) is 0 Å². The maximum absolute atomic E-state index is 12.1. The van der Waals surface area contributed by atoms with E-state index in [0.29, 0.717) is 6.61 Å². The average Bonchev–Trinajstić information content (AvgIpc) is 3.37. The lowest BCUT2D eigenvalue weighted by atomic mass is 10.2. The van der Waals surface area contributed by atoms with Gasteiger partial charge in [-0.2, -0.15) is 0 Å². The first kappa shape index (κ1) is 17.7. The van der Waals surface area contributed by atoms with Crippen molar-refractivity contribution in [2.24, 2.45) is 0 Å². The summed E-state index contributed by atoms with van der Waals surface area (Å²) in [5, 5.41) is 6.24. The van der Waals surface area contributed by atoms with Crippen LogP contribution < -0.4 is 15.5 Å². The second-order valence-corrected chi connectivity index (χ2v) is 7.05. The Balaban J connectivity index is 1.41. The summed E-state index contributed by atoms with van der Waals surface area (Å²) in [6, 6.07) is 9.61. The molecule has 27 heavy (non-hydrogen) atoms. The van der Waals surface area contributed by atoms with Gasteiger partial charge in [-0.15, -0.1) is 0 Å². The van der Waals surface area contributed by atoms with E-state index in [-0.39, 0.29) is 12.0 Å². The fraction of sp³-hybridized carbons (Fsp3) is 0.450. The highest BCUT2D eigenvalue weighted by atomic mass is 16.5. The first-order valence-corrected chi connectivity index (χ1v) is 9.57. The second-order valence-electron chi connectivity index (χ2n) is 7.05. The molecule has 1 aromatic carbocycles. The average molecular weight is 367 g/mol. The number of aromatic nitrogens is 2. The molecule has 0 saturated carbocycles. The summed E-state index contributed by atoms with van der Waals surface area (Å²) in [5.74, 6) is 2.43. The maximum Gasteiger partial charge on any atom is 0.253 e. The van der Waals surface area contributed by atoms with Gasteiger partial charge in [0.15, 0.2) is 0 Å². The van der Waals surface area contributed by atoms with E-state index in [1.807, 2.05) is 37.3 Å². The molecule has 0 spiro atoms. The highest BCUT2D eigenvalue weighted by Crippen LogP contribution is 2.24. The summed E-state index contributed by atoms with van der Waals surface area (Å²) in [6.07, 6.45) is 3.84. The Kier molecular flexibility index (Phi) is 5.20. The van der Waals surface area contributed by atoms with Gasteiger partial charge in [-0.25, -0.2) is 9.97 Å². The Morgan fingerprint density at radius 1 is 1.11 bits per heavy atom. The van der Waals surface area contributed by atoms with Crippen molar-refractivity contribution in [3.8, 4) is 0 Å². The summed E-state index contributed by atoms with van der Waals surface area (Å²) >= 11 is 0. The molecule has 142 valence electrons. The van der Waals surface area contributed by atoms with Crippen molar-refractivity contribution in [2.45, 2.75) is 38.7 Å². The second kappa shape index (κ2) is 7.92. The SMILES string of the molecule is Cc1nc(Nc2ccc(NC(=O)C3CCCO3)cc2)cc(N2CCCC2)n1. The summed E-state index contributed by atoms with van der Waals surface area (Å²) in [7, 11) is 0. The molecule has 3 heterocycles. The molecular weight excluding hydrogens is 342 g/mol. The number of rotatable bonds is 5. The molecule has 0 aliphatic carbocycles. The first-order valence-electron chi connectivity index (χ1n) is 9.57. The molecule has 1 amide bonds. The van der Waals surface area contributed by atoms with Gasteiger partial charge in [0, 0.05) is 37.1 Å². The lowest BCUT2D eigenvalue weighted by Gasteiger charge is -2.18. The summed E-state index contributed by atoms with van der Waals surface area (Å²) in [5.41, 5.74) is 1.67. The van der Waals surface area contributed by atoms with Crippen LogP contribution in [0.5, 0.6) is 0 Å². The van der Waals surface area contributed by atoms with Gasteiger partial charge < -0.3 is 20.3 Å². The van der Waals surface area contributed by atoms with Crippen LogP contribution in [-0.2, 0) is 9.53 Å². The third-order valence-electron chi connectivity index (χ3n) is 4.90. The van der Waals surface area contributed by atoms with Gasteiger partial charge in [0.2, 0.25) is 0 Å². The first-order chi connectivity index (χ1) is 13.2. The van der Waals surface area contributed by atoms with Gasteiger partial charge in [0.05, 0.1) is 0 Å². The number of hydrogen-bond acceptors (Lipinski definition) is 6. The van der Waals surface area contributed by atoms with Crippen molar-refractivity contribution in [2.75, 3.05) is 35.2 Å². The van der Waals surface area contributed by atoms with E-state index in [2.05, 4.69) is 25.5 Å². The summed E-state index contributed by atoms with van der Waals surface area (Å²) in [4.78, 5) is 23.5. The summed E-state index contributed by atoms with van der Waals surface area (Å²) < 4.78 is 5.41. The van der Waals surface area contributed by atoms with Crippen LogP contribution in [0.2, 0.25) is 0 Å². The van der Waals surface area contributed by atoms with Crippen molar-refractivity contribution in [1.29, 1.82) is 0 Å². The predicted octanol–water partition coefficient (Wildman–Crippen LogP) is 3.25. The van der Waals surface area contributed by atoms with Crippen LogP contribution in [0.1, 0.15) is 31.5 Å². The van der Waals surface area contributed by atoms with Crippen LogP contribution in [0.4, 0.5) is 23.0 Å². The molecule has 2 saturated heterocycles. The Labute approximate surface area is 159 Å². The normalized spacial score (nSPS) is 19.3. The molecule has 7 nitrogen and oxygen atoms in total. The number of aryl methyl sites for hydroxylation is 1. The Hall–Kier alpha value is -2.67. The fourth-order valence-electron chi connectivity index (χ4n) is 3.52. The molecule has 2 N–H and O–H groups in total. The van der Waals surface area contributed by atoms with Crippen molar-refractivity contribution in [3.63, 3.8) is 0 Å². The molecule has 7 heteroatoms. The number of carbonyl (C=O) groups excluding carboxylic acids is 1. The van der Waals surface area contributed by atoms with Gasteiger partial charge in [0.1, 0.15) is 23.6 Å². The van der Waals surface area contributed by atoms with Crippen molar-refractivity contribution >= 4 is 28.9 Å². The smallest absolute Gasteiger partial charge is 0.253 e. The molecule has 2 aliphatic rings. The summed E-state index contributed by atoms with van der Waals surface area (Å²) in [6.45, 7) is 4.68. The monoisotopic (exact) mass is 367 g/mol. The molecular formula is C20H25N5O2. The van der Waals surface area contributed by atoms with E-state index < -0.39 is 0 Å². The third kappa shape index (κ3) is 4.36. The number of nitrogens with one attached hydrogen (secondary N) is 2. The van der Waals surface area contributed by atoms with E-state index in [1.54, 1.807) is 0 Å². The van der Waals surface area contributed by atoms with Crippen LogP contribution in [-0.4, -0.2) is 41.7 Å². The zero-order chi connectivity index (χ0) is 18.6. The third-order valence-corrected chi connectivity index (χ3v) is 4.90. The molecule has 0 bridgehead atoms. The minimum absolute atomic E-state index is 0.0742.